The fourth-order valence-corrected chi connectivity index (χ4v) is 23.6. The van der Waals surface area contributed by atoms with Crippen LogP contribution in [0.1, 0.15) is 71.4 Å². The Balaban J connectivity index is 0.000000189. The molecule has 3 radical (unpaired) electrons. The van der Waals surface area contributed by atoms with Crippen LogP contribution in [0.3, 0.4) is 0 Å². The van der Waals surface area contributed by atoms with Crippen molar-refractivity contribution >= 4 is 135 Å². The van der Waals surface area contributed by atoms with Crippen LogP contribution in [-0.2, 0) is 90.8 Å². The number of pyridine rings is 4. The molecule has 15 nitrogen and oxygen atoms in total. The molecule has 687 valence electrons. The van der Waals surface area contributed by atoms with E-state index in [1.165, 1.54) is 27.7 Å². The Kier molecular flexibility index (Phi) is 41.9. The second kappa shape index (κ2) is 50.9. The summed E-state index contributed by atoms with van der Waals surface area (Å²) >= 11 is 0. The van der Waals surface area contributed by atoms with Crippen LogP contribution in [0.15, 0.2) is 301 Å². The number of imidazole rings is 3. The third kappa shape index (κ3) is 28.9. The van der Waals surface area contributed by atoms with Crippen molar-refractivity contribution in [1.29, 1.82) is 0 Å². The minimum atomic E-state index is -4.50. The van der Waals surface area contributed by atoms with Gasteiger partial charge in [0.15, 0.2) is 0 Å². The molecule has 0 aliphatic carbocycles. The van der Waals surface area contributed by atoms with E-state index in [9.17, 15) is 13.2 Å². The van der Waals surface area contributed by atoms with Gasteiger partial charge >= 0.3 is 85.3 Å². The van der Waals surface area contributed by atoms with Gasteiger partial charge in [-0.15, -0.1) is 58.3 Å². The Morgan fingerprint density at radius 2 is 0.820 bits per heavy atom. The second-order valence-corrected chi connectivity index (χ2v) is 49.9. The van der Waals surface area contributed by atoms with Gasteiger partial charge in [0.2, 0.25) is 0 Å². The van der Waals surface area contributed by atoms with Crippen LogP contribution in [0.4, 0.5) is 13.2 Å². The fourth-order valence-electron chi connectivity index (χ4n) is 14.0. The van der Waals surface area contributed by atoms with Crippen LogP contribution in [0.2, 0.25) is 0 Å². The van der Waals surface area contributed by atoms with E-state index in [2.05, 4.69) is 310 Å². The molecule has 9 aromatic carbocycles. The van der Waals surface area contributed by atoms with Gasteiger partial charge in [-0.05, 0) is 142 Å². The largest absolute Gasteiger partial charge is 2.00 e. The molecule has 10 aromatic heterocycles. The van der Waals surface area contributed by atoms with Crippen LogP contribution >= 0.6 is 47.5 Å². The van der Waals surface area contributed by atoms with Crippen molar-refractivity contribution in [2.75, 3.05) is 80.0 Å². The summed E-state index contributed by atoms with van der Waals surface area (Å²) in [6.07, 6.45) is 4.61. The van der Waals surface area contributed by atoms with Crippen molar-refractivity contribution in [2.45, 2.75) is 73.9 Å². The number of aryl methyl sites for hydroxylation is 2. The normalized spacial score (nSPS) is 11.6. The zero-order valence-electron chi connectivity index (χ0n) is 78.8. The first-order valence-corrected chi connectivity index (χ1v) is 57.9. The maximum atomic E-state index is 12.4. The Labute approximate surface area is 840 Å². The van der Waals surface area contributed by atoms with Crippen molar-refractivity contribution in [3.8, 4) is 56.9 Å². The molecule has 0 unspecified atom stereocenters. The van der Waals surface area contributed by atoms with E-state index in [-0.39, 0.29) is 143 Å². The second-order valence-electron chi connectivity index (χ2n) is 33.8. The number of aromatic nitrogens is 15. The SMILES string of the molecule is CC(=C(C)[PH+](C)C)[PH+](C)C.CC(=C(C)[PH+](C)C)[PH+](C)C.CC(C)(C)c1n[n-]c(-c2nccc3ccccc23)n1.C[PH+](C)c1ccccc1[PH+](C)C.Cc1c(-c2[c-]cc3ccccc3c2)nc2ccccn12.Cc1c(-c2[c-]cc3ccccc3c2)nc2ccccn12.FC(F)(F)c1cc(-c2cnc3ccccc3n2)[n-]n1.[Os+2].[Os+].[Os+].[Os+].c1ccc2cc(-c3nc4ccccc4[n-]3)ncc2c1. The number of hydrogen-bond acceptors (Lipinski definition) is 10. The maximum absolute atomic E-state index is 12.4. The van der Waals surface area contributed by atoms with Crippen LogP contribution in [0, 0.1) is 26.0 Å². The van der Waals surface area contributed by atoms with Gasteiger partial charge in [0.05, 0.1) is 114 Å². The summed E-state index contributed by atoms with van der Waals surface area (Å²) in [4.78, 5) is 40.2. The van der Waals surface area contributed by atoms with Gasteiger partial charge in [0.25, 0.3) is 0 Å². The summed E-state index contributed by atoms with van der Waals surface area (Å²) in [5, 5.41) is 34.3. The third-order valence-electron chi connectivity index (χ3n) is 22.3. The number of hydrogen-bond donors (Lipinski definition) is 0. The predicted octanol–water partition coefficient (Wildman–Crippen LogP) is 25.8. The first-order chi connectivity index (χ1) is 61.7. The number of benzene rings is 9. The van der Waals surface area contributed by atoms with Gasteiger partial charge in [-0.2, -0.15) is 13.2 Å². The Morgan fingerprint density at radius 1 is 0.383 bits per heavy atom. The molecular formula is C105H115F3N15Os4P6+6. The Bertz CT molecular complexity index is 6810. The molecular weight excluding hydrogens is 2480 g/mol. The molecule has 19 rings (SSSR count). The zero-order valence-corrected chi connectivity index (χ0v) is 95.0. The van der Waals surface area contributed by atoms with Crippen LogP contribution in [0.5, 0.6) is 0 Å². The fraction of sp³-hybridized carbons (Fsp3) is 0.219. The molecule has 0 bridgehead atoms. The Hall–Kier alpha value is -8.74. The minimum absolute atomic E-state index is 0. The summed E-state index contributed by atoms with van der Waals surface area (Å²) in [5.41, 5.74) is 12.2. The molecule has 19 aromatic rings. The van der Waals surface area contributed by atoms with E-state index < -0.39 is 11.9 Å². The summed E-state index contributed by atoms with van der Waals surface area (Å²) < 4.78 is 41.5. The number of allylic oxidation sites excluding steroid dienone is 4. The van der Waals surface area contributed by atoms with E-state index in [1.54, 1.807) is 62.3 Å². The van der Waals surface area contributed by atoms with Crippen LogP contribution in [-0.4, -0.2) is 139 Å². The monoisotopic (exact) mass is 2600 g/mol. The van der Waals surface area contributed by atoms with E-state index in [0.717, 1.165) is 101 Å². The molecule has 0 N–H and O–H groups in total. The molecule has 10 heterocycles. The quantitative estimate of drug-likeness (QED) is 0.0882. The number of halogens is 3. The smallest absolute Gasteiger partial charge is 0.573 e. The number of rotatable bonds is 11. The average Bonchev–Trinajstić information content (AvgIpc) is 1.64. The Morgan fingerprint density at radius 3 is 1.28 bits per heavy atom. The molecule has 0 saturated carbocycles. The summed E-state index contributed by atoms with van der Waals surface area (Å²) in [6, 6.07) is 88.9. The van der Waals surface area contributed by atoms with Gasteiger partial charge in [-0.25, -0.2) is 4.98 Å². The molecule has 0 saturated heterocycles. The van der Waals surface area contributed by atoms with Crippen LogP contribution < -0.4 is 25.8 Å². The molecule has 0 aliphatic heterocycles. The first kappa shape index (κ1) is 110. The molecule has 0 atom stereocenters. The van der Waals surface area contributed by atoms with E-state index in [1.807, 2.05) is 146 Å². The predicted molar refractivity (Wildman–Crippen MR) is 559 cm³/mol. The van der Waals surface area contributed by atoms with Crippen molar-refractivity contribution in [1.82, 2.24) is 74.1 Å². The summed E-state index contributed by atoms with van der Waals surface area (Å²) in [7, 11) is -1.13. The number of para-hydroxylation sites is 4. The van der Waals surface area contributed by atoms with E-state index in [0.29, 0.717) is 22.7 Å². The van der Waals surface area contributed by atoms with Gasteiger partial charge in [-0.1, -0.05) is 195 Å². The third-order valence-corrected chi connectivity index (χ3v) is 33.6. The number of alkyl halides is 3. The van der Waals surface area contributed by atoms with Gasteiger partial charge < -0.3 is 39.0 Å². The molecule has 0 amide bonds. The molecule has 133 heavy (non-hydrogen) atoms. The van der Waals surface area contributed by atoms with Crippen molar-refractivity contribution in [3.63, 3.8) is 0 Å². The first-order valence-electron chi connectivity index (χ1n) is 42.9. The zero-order chi connectivity index (χ0) is 92.4. The molecule has 0 spiro atoms. The van der Waals surface area contributed by atoms with Crippen molar-refractivity contribution in [3.05, 3.63) is 336 Å². The summed E-state index contributed by atoms with van der Waals surface area (Å²) in [5.74, 6) is 2.03. The van der Waals surface area contributed by atoms with Gasteiger partial charge in [0, 0.05) is 117 Å². The van der Waals surface area contributed by atoms with Crippen molar-refractivity contribution < 1.29 is 92.3 Å². The van der Waals surface area contributed by atoms with Crippen LogP contribution in [0.25, 0.3) is 133 Å². The molecule has 0 aliphatic rings. The number of fused-ring (bicyclic) bond motifs is 8. The average molecular weight is 2590 g/mol. The minimum Gasteiger partial charge on any atom is -0.573 e. The van der Waals surface area contributed by atoms with Gasteiger partial charge in [-0.3, -0.25) is 30.0 Å². The molecule has 0 fully saturated rings. The summed E-state index contributed by atoms with van der Waals surface area (Å²) in [6.45, 7) is 48.1. The molecule has 28 heteroatoms. The standard InChI is InChI=1S/2C18H13N2.C16H10N3.C15H15N4.C12H6F3N4.C10H16P2.2C8H18P2.4Os/c2*1-13-18(19-17-8-4-5-11-20(13)17)16-10-9-14-6-2-3-7-15(14)12-16;1-2-6-12-10-17-15(9-11(12)5-1)16-18-13-7-3-4-8-14(13)19-16;1-15(2,3)14-17-13(18-19-14)12-11-7-5-4-6-10(11)8-9-16-12;13-12(14,15)11-5-9(18-19-11)10-6-16-7-3-1-2-4-8(7)17-10;1-11(2)9-7-5-6-8-10(9)12(3)4;2*1-7(9(3)4)8(2)10(5)6;;;;/h2*2-9,11-12H,1H3;1-10H;4-9H,1-3H3;1-6H;5-8H,1-4H3;2*1-6H3;;;;/q5*-1;;;;3*+1;+2/p+6. The van der Waals surface area contributed by atoms with Crippen molar-refractivity contribution in [2.24, 2.45) is 0 Å². The van der Waals surface area contributed by atoms with E-state index >= 15 is 0 Å². The topological polar surface area (TPSA) is 180 Å². The van der Waals surface area contributed by atoms with E-state index in [4.69, 9.17) is 9.97 Å². The van der Waals surface area contributed by atoms with Gasteiger partial charge in [0.1, 0.15) is 48.9 Å². The maximum Gasteiger partial charge on any atom is 2.00 e. The number of nitrogens with zero attached hydrogens (tertiary/aromatic N) is 15.